The summed E-state index contributed by atoms with van der Waals surface area (Å²) in [4.78, 5) is 23.9. The number of oxazole rings is 1. The molecule has 6 nitrogen and oxygen atoms in total. The van der Waals surface area contributed by atoms with Crippen LogP contribution in [0, 0.1) is 0 Å². The molecule has 1 amide bonds. The average molecular weight is 324 g/mol. The highest BCUT2D eigenvalue weighted by Crippen LogP contribution is 2.18. The first kappa shape index (κ1) is 15.1. The van der Waals surface area contributed by atoms with Crippen molar-refractivity contribution in [1.82, 2.24) is 15.0 Å². The minimum absolute atomic E-state index is 0.0860. The number of benzene rings is 1. The number of aryl methyl sites for hydroxylation is 1. The van der Waals surface area contributed by atoms with Gasteiger partial charge in [-0.3, -0.25) is 14.8 Å². The van der Waals surface area contributed by atoms with Gasteiger partial charge in [-0.25, -0.2) is 9.80 Å². The number of nitrogens with zero attached hydrogens (tertiary/aromatic N) is 2. The van der Waals surface area contributed by atoms with Crippen LogP contribution in [0.5, 0.6) is 0 Å². The van der Waals surface area contributed by atoms with E-state index in [0.717, 1.165) is 25.9 Å². The molecule has 22 heavy (non-hydrogen) atoms. The maximum absolute atomic E-state index is 12.0. The van der Waals surface area contributed by atoms with Crippen LogP contribution in [0.3, 0.4) is 0 Å². The Morgan fingerprint density at radius 3 is 2.82 bits per heavy atom. The highest BCUT2D eigenvalue weighted by atomic mass is 35.5. The van der Waals surface area contributed by atoms with Crippen LogP contribution in [-0.4, -0.2) is 28.6 Å². The smallest absolute Gasteiger partial charge is 0.408 e. The Balaban J connectivity index is 1.64. The second-order valence-electron chi connectivity index (χ2n) is 5.46. The summed E-state index contributed by atoms with van der Waals surface area (Å²) in [6.07, 6.45) is 3.65. The summed E-state index contributed by atoms with van der Waals surface area (Å²) in [6, 6.07) is 5.02. The average Bonchev–Trinajstić information content (AvgIpc) is 2.80. The Morgan fingerprint density at radius 1 is 1.27 bits per heavy atom. The molecule has 0 radical (unpaired) electrons. The monoisotopic (exact) mass is 323 g/mol. The van der Waals surface area contributed by atoms with Crippen molar-refractivity contribution in [3.63, 3.8) is 0 Å². The zero-order valence-electron chi connectivity index (χ0n) is 12.2. The molecule has 0 atom stereocenters. The Kier molecular flexibility index (Phi) is 4.49. The van der Waals surface area contributed by atoms with Crippen LogP contribution in [0.1, 0.15) is 25.7 Å². The fraction of sp³-hybridized carbons (Fsp3) is 0.467. The Hall–Kier alpha value is -1.79. The molecule has 0 bridgehead atoms. The summed E-state index contributed by atoms with van der Waals surface area (Å²) in [5, 5.41) is 2.46. The van der Waals surface area contributed by atoms with Gasteiger partial charge in [0.05, 0.1) is 5.52 Å². The zero-order valence-corrected chi connectivity index (χ0v) is 12.9. The first-order chi connectivity index (χ1) is 10.6. The molecular formula is C15H18ClN3O3. The number of aromatic nitrogens is 1. The first-order valence-corrected chi connectivity index (χ1v) is 7.84. The van der Waals surface area contributed by atoms with Gasteiger partial charge >= 0.3 is 5.76 Å². The Morgan fingerprint density at radius 2 is 2.05 bits per heavy atom. The van der Waals surface area contributed by atoms with Crippen LogP contribution < -0.4 is 11.2 Å². The molecule has 1 aromatic heterocycles. The SMILES string of the molecule is O=C(CCn1c(=O)oc2cc(Cl)ccc21)NN1CCCCC1. The van der Waals surface area contributed by atoms with Gasteiger partial charge < -0.3 is 4.42 Å². The van der Waals surface area contributed by atoms with E-state index in [-0.39, 0.29) is 18.9 Å². The van der Waals surface area contributed by atoms with E-state index in [1.165, 1.54) is 11.0 Å². The Bertz CT molecular complexity index is 731. The molecule has 1 N–H and O–H groups in total. The van der Waals surface area contributed by atoms with Gasteiger partial charge in [0.15, 0.2) is 5.58 Å². The van der Waals surface area contributed by atoms with Crippen molar-refractivity contribution in [2.45, 2.75) is 32.2 Å². The number of hydrazine groups is 1. The predicted molar refractivity (Wildman–Crippen MR) is 83.7 cm³/mol. The van der Waals surface area contributed by atoms with Crippen molar-refractivity contribution in [3.8, 4) is 0 Å². The van der Waals surface area contributed by atoms with Gasteiger partial charge in [-0.05, 0) is 25.0 Å². The topological polar surface area (TPSA) is 67.5 Å². The summed E-state index contributed by atoms with van der Waals surface area (Å²) in [5.74, 6) is -0.555. The highest BCUT2D eigenvalue weighted by molar-refractivity contribution is 6.31. The molecule has 1 saturated heterocycles. The van der Waals surface area contributed by atoms with E-state index in [2.05, 4.69) is 5.43 Å². The summed E-state index contributed by atoms with van der Waals surface area (Å²) in [6.45, 7) is 2.06. The minimum Gasteiger partial charge on any atom is -0.408 e. The predicted octanol–water partition coefficient (Wildman–Crippen LogP) is 2.16. The van der Waals surface area contributed by atoms with E-state index in [9.17, 15) is 9.59 Å². The van der Waals surface area contributed by atoms with Crippen LogP contribution in [-0.2, 0) is 11.3 Å². The number of halogens is 1. The lowest BCUT2D eigenvalue weighted by molar-refractivity contribution is -0.126. The summed E-state index contributed by atoms with van der Waals surface area (Å²) >= 11 is 5.88. The van der Waals surface area contributed by atoms with E-state index >= 15 is 0 Å². The number of piperidine rings is 1. The van der Waals surface area contributed by atoms with Crippen LogP contribution >= 0.6 is 11.6 Å². The van der Waals surface area contributed by atoms with Crippen LogP contribution in [0.25, 0.3) is 11.1 Å². The lowest BCUT2D eigenvalue weighted by atomic mass is 10.2. The highest BCUT2D eigenvalue weighted by Gasteiger charge is 2.14. The lowest BCUT2D eigenvalue weighted by Gasteiger charge is -2.26. The molecule has 2 aromatic rings. The molecule has 1 fully saturated rings. The molecule has 0 spiro atoms. The van der Waals surface area contributed by atoms with E-state index in [1.54, 1.807) is 18.2 Å². The third kappa shape index (κ3) is 3.34. The van der Waals surface area contributed by atoms with Gasteiger partial charge in [0.25, 0.3) is 0 Å². The quantitative estimate of drug-likeness (QED) is 0.936. The minimum atomic E-state index is -0.469. The molecule has 3 rings (SSSR count). The number of rotatable bonds is 4. The molecular weight excluding hydrogens is 306 g/mol. The third-order valence-electron chi connectivity index (χ3n) is 3.83. The molecule has 0 saturated carbocycles. The van der Waals surface area contributed by atoms with Crippen molar-refractivity contribution in [2.75, 3.05) is 13.1 Å². The number of fused-ring (bicyclic) bond motifs is 1. The fourth-order valence-corrected chi connectivity index (χ4v) is 2.87. The van der Waals surface area contributed by atoms with Crippen molar-refractivity contribution < 1.29 is 9.21 Å². The number of nitrogens with one attached hydrogen (secondary N) is 1. The molecule has 1 aromatic carbocycles. The lowest BCUT2D eigenvalue weighted by Crippen LogP contribution is -2.45. The summed E-state index contributed by atoms with van der Waals surface area (Å²) < 4.78 is 6.60. The molecule has 7 heteroatoms. The van der Waals surface area contributed by atoms with Gasteiger partial charge in [0.2, 0.25) is 5.91 Å². The van der Waals surface area contributed by atoms with E-state index < -0.39 is 5.76 Å². The number of carbonyl (C=O) groups excluding carboxylic acids is 1. The van der Waals surface area contributed by atoms with E-state index in [4.69, 9.17) is 16.0 Å². The molecule has 2 heterocycles. The van der Waals surface area contributed by atoms with Gasteiger partial charge in [0.1, 0.15) is 0 Å². The molecule has 1 aliphatic heterocycles. The van der Waals surface area contributed by atoms with Crippen molar-refractivity contribution in [2.24, 2.45) is 0 Å². The normalized spacial score (nSPS) is 16.0. The van der Waals surface area contributed by atoms with E-state index in [1.807, 2.05) is 5.01 Å². The largest absolute Gasteiger partial charge is 0.419 e. The van der Waals surface area contributed by atoms with Gasteiger partial charge in [-0.2, -0.15) is 0 Å². The second-order valence-corrected chi connectivity index (χ2v) is 5.90. The van der Waals surface area contributed by atoms with E-state index in [0.29, 0.717) is 16.1 Å². The van der Waals surface area contributed by atoms with Gasteiger partial charge in [-0.15, -0.1) is 0 Å². The maximum Gasteiger partial charge on any atom is 0.419 e. The number of hydrogen-bond donors (Lipinski definition) is 1. The molecule has 1 aliphatic rings. The fourth-order valence-electron chi connectivity index (χ4n) is 2.70. The molecule has 0 unspecified atom stereocenters. The Labute approximate surface area is 132 Å². The summed E-state index contributed by atoms with van der Waals surface area (Å²) in [5.41, 5.74) is 3.98. The first-order valence-electron chi connectivity index (χ1n) is 7.47. The van der Waals surface area contributed by atoms with Crippen LogP contribution in [0.2, 0.25) is 5.02 Å². The molecule has 118 valence electrons. The number of amides is 1. The second kappa shape index (κ2) is 6.54. The van der Waals surface area contributed by atoms with Crippen molar-refractivity contribution >= 4 is 28.6 Å². The third-order valence-corrected chi connectivity index (χ3v) is 4.07. The van der Waals surface area contributed by atoms with Gasteiger partial charge in [0, 0.05) is 37.1 Å². The van der Waals surface area contributed by atoms with Crippen LogP contribution in [0.15, 0.2) is 27.4 Å². The summed E-state index contributed by atoms with van der Waals surface area (Å²) in [7, 11) is 0. The van der Waals surface area contributed by atoms with Crippen molar-refractivity contribution in [1.29, 1.82) is 0 Å². The molecule has 0 aliphatic carbocycles. The van der Waals surface area contributed by atoms with Gasteiger partial charge in [-0.1, -0.05) is 18.0 Å². The number of carbonyl (C=O) groups is 1. The maximum atomic E-state index is 12.0. The number of hydrogen-bond acceptors (Lipinski definition) is 4. The standard InChI is InChI=1S/C15H18ClN3O3/c16-11-4-5-12-13(10-11)22-15(21)19(12)9-6-14(20)17-18-7-2-1-3-8-18/h4-5,10H,1-3,6-9H2,(H,17,20). The zero-order chi connectivity index (χ0) is 15.5. The van der Waals surface area contributed by atoms with Crippen molar-refractivity contribution in [3.05, 3.63) is 33.8 Å². The van der Waals surface area contributed by atoms with Crippen LogP contribution in [0.4, 0.5) is 0 Å².